The quantitative estimate of drug-likeness (QED) is 0.813. The summed E-state index contributed by atoms with van der Waals surface area (Å²) in [5.74, 6) is -0.310. The minimum atomic E-state index is -0.971. The Hall–Kier alpha value is -1.81. The highest BCUT2D eigenvalue weighted by Crippen LogP contribution is 2.24. The molecule has 1 N–H and O–H groups in total. The van der Waals surface area contributed by atoms with Crippen molar-refractivity contribution in [3.8, 4) is 5.75 Å². The van der Waals surface area contributed by atoms with Crippen LogP contribution in [0.15, 0.2) is 24.3 Å². The fraction of sp³-hybridized carbons (Fsp3) is 0.471. The summed E-state index contributed by atoms with van der Waals surface area (Å²) in [5, 5.41) is 8.73. The smallest absolute Gasteiger partial charge is 0.328 e. The number of carboxylic acids is 1. The van der Waals surface area contributed by atoms with Crippen molar-refractivity contribution in [2.24, 2.45) is 0 Å². The minimum absolute atomic E-state index is 0.360. The third kappa shape index (κ3) is 4.90. The number of rotatable bonds is 6. The van der Waals surface area contributed by atoms with E-state index in [4.69, 9.17) is 14.6 Å². The zero-order chi connectivity index (χ0) is 15.1. The highest BCUT2D eigenvalue weighted by Gasteiger charge is 2.13. The summed E-state index contributed by atoms with van der Waals surface area (Å²) in [6.07, 6.45) is 9.12. The Morgan fingerprint density at radius 2 is 2.10 bits per heavy atom. The SMILES string of the molecule is COc1ccc(COC2CCCCC2)cc1C=CC(=O)O. The van der Waals surface area contributed by atoms with Crippen molar-refractivity contribution in [1.82, 2.24) is 0 Å². The van der Waals surface area contributed by atoms with Gasteiger partial charge in [0.2, 0.25) is 0 Å². The van der Waals surface area contributed by atoms with Crippen molar-refractivity contribution in [3.05, 3.63) is 35.4 Å². The van der Waals surface area contributed by atoms with E-state index in [1.807, 2.05) is 18.2 Å². The van der Waals surface area contributed by atoms with Crippen LogP contribution in [0.5, 0.6) is 5.75 Å². The van der Waals surface area contributed by atoms with E-state index in [1.54, 1.807) is 13.2 Å². The van der Waals surface area contributed by atoms with Crippen LogP contribution in [-0.4, -0.2) is 24.3 Å². The molecule has 1 fully saturated rings. The zero-order valence-corrected chi connectivity index (χ0v) is 12.4. The maximum atomic E-state index is 10.6. The molecule has 0 heterocycles. The summed E-state index contributed by atoms with van der Waals surface area (Å²) >= 11 is 0. The lowest BCUT2D eigenvalue weighted by Gasteiger charge is -2.22. The monoisotopic (exact) mass is 290 g/mol. The normalized spacial score (nSPS) is 16.2. The molecule has 114 valence electrons. The molecule has 0 aromatic heterocycles. The Labute approximate surface area is 125 Å². The van der Waals surface area contributed by atoms with E-state index < -0.39 is 5.97 Å². The van der Waals surface area contributed by atoms with E-state index in [0.717, 1.165) is 30.0 Å². The average molecular weight is 290 g/mol. The molecule has 0 amide bonds. The second-order valence-electron chi connectivity index (χ2n) is 5.32. The molecule has 1 aliphatic carbocycles. The van der Waals surface area contributed by atoms with Gasteiger partial charge in [0.15, 0.2) is 0 Å². The van der Waals surface area contributed by atoms with Crippen LogP contribution < -0.4 is 4.74 Å². The topological polar surface area (TPSA) is 55.8 Å². The number of aliphatic carboxylic acids is 1. The van der Waals surface area contributed by atoms with Gasteiger partial charge in [0.1, 0.15) is 5.75 Å². The van der Waals surface area contributed by atoms with Crippen molar-refractivity contribution in [2.75, 3.05) is 7.11 Å². The molecule has 4 heteroatoms. The summed E-state index contributed by atoms with van der Waals surface area (Å²) in [4.78, 5) is 10.6. The lowest BCUT2D eigenvalue weighted by atomic mass is 9.98. The highest BCUT2D eigenvalue weighted by atomic mass is 16.5. The molecule has 1 aromatic carbocycles. The predicted octanol–water partition coefficient (Wildman–Crippen LogP) is 3.64. The molecule has 0 saturated heterocycles. The Morgan fingerprint density at radius 3 is 2.76 bits per heavy atom. The molecular weight excluding hydrogens is 268 g/mol. The van der Waals surface area contributed by atoms with Crippen molar-refractivity contribution >= 4 is 12.0 Å². The second-order valence-corrected chi connectivity index (χ2v) is 5.32. The van der Waals surface area contributed by atoms with Gasteiger partial charge in [-0.25, -0.2) is 4.79 Å². The van der Waals surface area contributed by atoms with Gasteiger partial charge in [-0.1, -0.05) is 25.3 Å². The van der Waals surface area contributed by atoms with E-state index >= 15 is 0 Å². The predicted molar refractivity (Wildman–Crippen MR) is 81.3 cm³/mol. The molecule has 4 nitrogen and oxygen atoms in total. The van der Waals surface area contributed by atoms with E-state index in [-0.39, 0.29) is 0 Å². The fourth-order valence-electron chi connectivity index (χ4n) is 2.61. The number of ether oxygens (including phenoxy) is 2. The Balaban J connectivity index is 2.02. The van der Waals surface area contributed by atoms with Crippen LogP contribution >= 0.6 is 0 Å². The van der Waals surface area contributed by atoms with Gasteiger partial charge in [-0.15, -0.1) is 0 Å². The minimum Gasteiger partial charge on any atom is -0.496 e. The van der Waals surface area contributed by atoms with Crippen LogP contribution in [0.4, 0.5) is 0 Å². The van der Waals surface area contributed by atoms with Gasteiger partial charge in [0, 0.05) is 11.6 Å². The lowest BCUT2D eigenvalue weighted by Crippen LogP contribution is -2.16. The van der Waals surface area contributed by atoms with Gasteiger partial charge in [0.05, 0.1) is 19.8 Å². The maximum absolute atomic E-state index is 10.6. The molecule has 1 aliphatic rings. The van der Waals surface area contributed by atoms with E-state index in [1.165, 1.54) is 19.3 Å². The molecule has 2 rings (SSSR count). The molecule has 0 unspecified atom stereocenters. The molecule has 0 atom stereocenters. The molecule has 0 aliphatic heterocycles. The van der Waals surface area contributed by atoms with Crippen LogP contribution in [0.25, 0.3) is 6.08 Å². The number of carboxylic acid groups (broad SMARTS) is 1. The summed E-state index contributed by atoms with van der Waals surface area (Å²) in [7, 11) is 1.58. The standard InChI is InChI=1S/C17H22O4/c1-20-16-9-7-13(11-14(16)8-10-17(18)19)12-21-15-5-3-2-4-6-15/h7-11,15H,2-6,12H2,1H3,(H,18,19). The fourth-order valence-corrected chi connectivity index (χ4v) is 2.61. The first-order valence-electron chi connectivity index (χ1n) is 7.38. The van der Waals surface area contributed by atoms with Gasteiger partial charge in [-0.05, 0) is 36.6 Å². The van der Waals surface area contributed by atoms with Crippen molar-refractivity contribution < 1.29 is 19.4 Å². The molecule has 0 radical (unpaired) electrons. The third-order valence-corrected chi connectivity index (χ3v) is 3.74. The van der Waals surface area contributed by atoms with Crippen LogP contribution in [0.1, 0.15) is 43.2 Å². The Morgan fingerprint density at radius 1 is 1.33 bits per heavy atom. The largest absolute Gasteiger partial charge is 0.496 e. The van der Waals surface area contributed by atoms with Gasteiger partial charge >= 0.3 is 5.97 Å². The Kier molecular flexibility index (Phi) is 5.81. The first-order valence-corrected chi connectivity index (χ1v) is 7.38. The number of carbonyl (C=O) groups is 1. The summed E-state index contributed by atoms with van der Waals surface area (Å²) in [6, 6.07) is 5.72. The number of benzene rings is 1. The van der Waals surface area contributed by atoms with Crippen molar-refractivity contribution in [1.29, 1.82) is 0 Å². The highest BCUT2D eigenvalue weighted by molar-refractivity contribution is 5.85. The van der Waals surface area contributed by atoms with Crippen LogP contribution in [-0.2, 0) is 16.1 Å². The number of methoxy groups -OCH3 is 1. The van der Waals surface area contributed by atoms with Gasteiger partial charge in [0.25, 0.3) is 0 Å². The van der Waals surface area contributed by atoms with E-state index in [2.05, 4.69) is 0 Å². The maximum Gasteiger partial charge on any atom is 0.328 e. The molecular formula is C17H22O4. The molecule has 0 spiro atoms. The van der Waals surface area contributed by atoms with Crippen LogP contribution in [0.3, 0.4) is 0 Å². The van der Waals surface area contributed by atoms with Crippen molar-refractivity contribution in [3.63, 3.8) is 0 Å². The number of hydrogen-bond acceptors (Lipinski definition) is 3. The zero-order valence-electron chi connectivity index (χ0n) is 12.4. The summed E-state index contributed by atoms with van der Waals surface area (Å²) in [6.45, 7) is 0.558. The average Bonchev–Trinajstić information content (AvgIpc) is 2.52. The molecule has 21 heavy (non-hydrogen) atoms. The summed E-state index contributed by atoms with van der Waals surface area (Å²) < 4.78 is 11.2. The molecule has 1 aromatic rings. The van der Waals surface area contributed by atoms with E-state index in [9.17, 15) is 4.79 Å². The van der Waals surface area contributed by atoms with Gasteiger partial charge in [-0.2, -0.15) is 0 Å². The van der Waals surface area contributed by atoms with Crippen LogP contribution in [0.2, 0.25) is 0 Å². The van der Waals surface area contributed by atoms with Gasteiger partial charge in [-0.3, -0.25) is 0 Å². The Bertz CT molecular complexity index is 502. The summed E-state index contributed by atoms with van der Waals surface area (Å²) in [5.41, 5.74) is 1.79. The van der Waals surface area contributed by atoms with Gasteiger partial charge < -0.3 is 14.6 Å². The third-order valence-electron chi connectivity index (χ3n) is 3.74. The number of hydrogen-bond donors (Lipinski definition) is 1. The van der Waals surface area contributed by atoms with E-state index in [0.29, 0.717) is 18.5 Å². The van der Waals surface area contributed by atoms with Crippen LogP contribution in [0, 0.1) is 0 Å². The first kappa shape index (κ1) is 15.6. The van der Waals surface area contributed by atoms with Crippen molar-refractivity contribution in [2.45, 2.75) is 44.8 Å². The molecule has 0 bridgehead atoms. The second kappa shape index (κ2) is 7.84. The first-order chi connectivity index (χ1) is 10.2. The lowest BCUT2D eigenvalue weighted by molar-refractivity contribution is -0.131. The molecule has 1 saturated carbocycles.